The highest BCUT2D eigenvalue weighted by Gasteiger charge is 2.48. The second-order valence-corrected chi connectivity index (χ2v) is 8.34. The fraction of sp³-hybridized carbons (Fsp3) is 0.375. The van der Waals surface area contributed by atoms with Crippen molar-refractivity contribution in [1.29, 1.82) is 5.26 Å². The van der Waals surface area contributed by atoms with Crippen LogP contribution in [0.4, 0.5) is 17.6 Å². The summed E-state index contributed by atoms with van der Waals surface area (Å²) in [6.45, 7) is 3.93. The first kappa shape index (κ1) is 27.5. The number of ether oxygens (including phenoxy) is 1. The van der Waals surface area contributed by atoms with Crippen LogP contribution in [-0.2, 0) is 18.9 Å². The van der Waals surface area contributed by atoms with Crippen LogP contribution in [0.3, 0.4) is 0 Å². The molecule has 196 valence electrons. The summed E-state index contributed by atoms with van der Waals surface area (Å²) in [5, 5.41) is 18.1. The molecule has 0 spiro atoms. The van der Waals surface area contributed by atoms with Crippen LogP contribution in [0.5, 0.6) is 11.5 Å². The van der Waals surface area contributed by atoms with Gasteiger partial charge in [0.2, 0.25) is 5.75 Å². The Hall–Kier alpha value is -4.05. The van der Waals surface area contributed by atoms with Crippen molar-refractivity contribution in [2.75, 3.05) is 6.61 Å². The van der Waals surface area contributed by atoms with Crippen molar-refractivity contribution in [3.63, 3.8) is 0 Å². The van der Waals surface area contributed by atoms with Gasteiger partial charge >= 0.3 is 12.3 Å². The second-order valence-electron chi connectivity index (χ2n) is 8.34. The van der Waals surface area contributed by atoms with Crippen LogP contribution in [0.2, 0.25) is 0 Å². The summed E-state index contributed by atoms with van der Waals surface area (Å²) in [5.41, 5.74) is -2.29. The van der Waals surface area contributed by atoms with Crippen molar-refractivity contribution in [1.82, 2.24) is 19.5 Å². The van der Waals surface area contributed by atoms with E-state index in [1.165, 1.54) is 32.9 Å². The fourth-order valence-corrected chi connectivity index (χ4v) is 3.68. The minimum absolute atomic E-state index is 0.0155. The van der Waals surface area contributed by atoms with E-state index >= 15 is 0 Å². The zero-order chi connectivity index (χ0) is 27.5. The predicted molar refractivity (Wildman–Crippen MR) is 123 cm³/mol. The van der Waals surface area contributed by atoms with Gasteiger partial charge < -0.3 is 14.8 Å². The maximum Gasteiger partial charge on any atom is 0.352 e. The number of aryl methyl sites for hydroxylation is 4. The number of H-pyrrole nitrogens is 1. The van der Waals surface area contributed by atoms with Gasteiger partial charge in [-0.25, -0.2) is 18.7 Å². The number of hydrogen-bond donors (Lipinski definition) is 2. The highest BCUT2D eigenvalue weighted by molar-refractivity contribution is 5.49. The van der Waals surface area contributed by atoms with E-state index in [1.54, 1.807) is 0 Å². The summed E-state index contributed by atoms with van der Waals surface area (Å²) in [6, 6.07) is 4.69. The number of nitriles is 1. The zero-order valence-electron chi connectivity index (χ0n) is 20.1. The molecule has 0 aliphatic rings. The van der Waals surface area contributed by atoms with E-state index in [1.807, 2.05) is 6.07 Å². The molecule has 0 unspecified atom stereocenters. The van der Waals surface area contributed by atoms with E-state index in [4.69, 9.17) is 15.1 Å². The molecular formula is C24H23F4N5O4. The van der Waals surface area contributed by atoms with Gasteiger partial charge in [0, 0.05) is 18.7 Å². The molecule has 0 atom stereocenters. The first-order chi connectivity index (χ1) is 17.4. The molecule has 0 aliphatic carbocycles. The summed E-state index contributed by atoms with van der Waals surface area (Å²) in [5.74, 6) is -5.71. The fourth-order valence-electron chi connectivity index (χ4n) is 3.68. The van der Waals surface area contributed by atoms with Crippen molar-refractivity contribution in [3.05, 3.63) is 78.6 Å². The third-order valence-corrected chi connectivity index (χ3v) is 5.55. The molecule has 0 amide bonds. The van der Waals surface area contributed by atoms with Gasteiger partial charge in [0.25, 0.3) is 11.1 Å². The lowest BCUT2D eigenvalue weighted by atomic mass is 10.1. The molecule has 13 heteroatoms. The molecule has 2 aromatic heterocycles. The van der Waals surface area contributed by atoms with Gasteiger partial charge in [-0.2, -0.15) is 14.0 Å². The lowest BCUT2D eigenvalue weighted by Gasteiger charge is -2.20. The standard InChI is InChI=1S/C24H23F4N5O4/c1-12-7-15(9-29)8-13(2)18(12)37-19-20(24(27,28)23(25)26)30-11-33(22(19)36)10-16-14(3)31-17(5-4-6-34)32-21(16)35/h7-8,11,23,34H,4-6,10H2,1-3H3,(H,31,32,35). The highest BCUT2D eigenvalue weighted by Crippen LogP contribution is 2.39. The Morgan fingerprint density at radius 1 is 1.19 bits per heavy atom. The third kappa shape index (κ3) is 5.69. The second kappa shape index (κ2) is 10.9. The van der Waals surface area contributed by atoms with Crippen LogP contribution in [0.25, 0.3) is 0 Å². The Morgan fingerprint density at radius 2 is 1.84 bits per heavy atom. The van der Waals surface area contributed by atoms with Gasteiger partial charge in [0.05, 0.1) is 30.1 Å². The monoisotopic (exact) mass is 521 g/mol. The Bertz CT molecular complexity index is 1450. The molecule has 1 aromatic carbocycles. The van der Waals surface area contributed by atoms with Crippen molar-refractivity contribution in [2.24, 2.45) is 0 Å². The van der Waals surface area contributed by atoms with Gasteiger partial charge in [-0.15, -0.1) is 0 Å². The van der Waals surface area contributed by atoms with Crippen LogP contribution >= 0.6 is 0 Å². The molecule has 9 nitrogen and oxygen atoms in total. The number of nitrogens with zero attached hydrogens (tertiary/aromatic N) is 4. The molecule has 2 heterocycles. The highest BCUT2D eigenvalue weighted by atomic mass is 19.3. The van der Waals surface area contributed by atoms with Gasteiger partial charge in [-0.3, -0.25) is 14.2 Å². The predicted octanol–water partition coefficient (Wildman–Crippen LogP) is 3.25. The third-order valence-electron chi connectivity index (χ3n) is 5.55. The summed E-state index contributed by atoms with van der Waals surface area (Å²) >= 11 is 0. The summed E-state index contributed by atoms with van der Waals surface area (Å²) in [7, 11) is 0. The van der Waals surface area contributed by atoms with Crippen molar-refractivity contribution in [2.45, 2.75) is 52.5 Å². The number of aromatic nitrogens is 4. The van der Waals surface area contributed by atoms with Crippen molar-refractivity contribution >= 4 is 0 Å². The smallest absolute Gasteiger partial charge is 0.352 e. The maximum absolute atomic E-state index is 14.4. The van der Waals surface area contributed by atoms with Crippen LogP contribution in [-0.4, -0.2) is 37.7 Å². The number of aliphatic hydroxyl groups is 1. The van der Waals surface area contributed by atoms with Crippen LogP contribution in [0.15, 0.2) is 28.0 Å². The largest absolute Gasteiger partial charge is 0.449 e. The molecule has 0 saturated carbocycles. The average molecular weight is 521 g/mol. The molecule has 0 bridgehead atoms. The van der Waals surface area contributed by atoms with Crippen molar-refractivity contribution < 1.29 is 27.4 Å². The summed E-state index contributed by atoms with van der Waals surface area (Å²) in [4.78, 5) is 36.1. The van der Waals surface area contributed by atoms with E-state index in [0.29, 0.717) is 36.1 Å². The molecule has 0 fully saturated rings. The van der Waals surface area contributed by atoms with Crippen LogP contribution < -0.4 is 15.9 Å². The zero-order valence-corrected chi connectivity index (χ0v) is 20.1. The summed E-state index contributed by atoms with van der Waals surface area (Å²) < 4.78 is 61.5. The number of aliphatic hydroxyl groups excluding tert-OH is 1. The molecule has 3 rings (SSSR count). The number of benzene rings is 1. The Kier molecular flexibility index (Phi) is 8.12. The minimum atomic E-state index is -4.81. The molecule has 37 heavy (non-hydrogen) atoms. The quantitative estimate of drug-likeness (QED) is 0.413. The van der Waals surface area contributed by atoms with Gasteiger partial charge in [-0.1, -0.05) is 0 Å². The lowest BCUT2D eigenvalue weighted by Crippen LogP contribution is -2.33. The van der Waals surface area contributed by atoms with E-state index in [2.05, 4.69) is 15.0 Å². The SMILES string of the molecule is Cc1cc(C#N)cc(C)c1Oc1c(C(F)(F)C(F)F)ncn(Cc2c(C)nc(CCCO)[nH]c2=O)c1=O. The number of alkyl halides is 4. The van der Waals surface area contributed by atoms with E-state index in [0.717, 1.165) is 4.57 Å². The number of rotatable bonds is 9. The molecule has 3 aromatic rings. The lowest BCUT2D eigenvalue weighted by molar-refractivity contribution is -0.139. The van der Waals surface area contributed by atoms with Gasteiger partial charge in [0.15, 0.2) is 5.69 Å². The molecule has 0 radical (unpaired) electrons. The van der Waals surface area contributed by atoms with Gasteiger partial charge in [0.1, 0.15) is 11.6 Å². The molecule has 0 aliphatic heterocycles. The first-order valence-corrected chi connectivity index (χ1v) is 11.0. The first-order valence-electron chi connectivity index (χ1n) is 11.0. The number of hydrogen-bond acceptors (Lipinski definition) is 7. The van der Waals surface area contributed by atoms with E-state index in [-0.39, 0.29) is 29.2 Å². The van der Waals surface area contributed by atoms with E-state index < -0.39 is 41.5 Å². The minimum Gasteiger partial charge on any atom is -0.449 e. The summed E-state index contributed by atoms with van der Waals surface area (Å²) in [6.07, 6.45) is -2.88. The molecule has 0 saturated heterocycles. The number of halogens is 4. The number of aromatic amines is 1. The van der Waals surface area contributed by atoms with Crippen LogP contribution in [0, 0.1) is 32.1 Å². The Labute approximate surface area is 208 Å². The van der Waals surface area contributed by atoms with Gasteiger partial charge in [-0.05, 0) is 50.5 Å². The van der Waals surface area contributed by atoms with Crippen molar-refractivity contribution in [3.8, 4) is 17.6 Å². The molecular weight excluding hydrogens is 498 g/mol. The topological polar surface area (TPSA) is 134 Å². The maximum atomic E-state index is 14.4. The number of nitrogens with one attached hydrogen (secondary N) is 1. The normalized spacial score (nSPS) is 11.6. The Morgan fingerprint density at radius 3 is 2.38 bits per heavy atom. The molecule has 2 N–H and O–H groups in total. The van der Waals surface area contributed by atoms with Crippen LogP contribution in [0.1, 0.15) is 45.9 Å². The Balaban J connectivity index is 2.15. The average Bonchev–Trinajstić information content (AvgIpc) is 2.83. The van der Waals surface area contributed by atoms with E-state index in [9.17, 15) is 27.2 Å².